The zero-order chi connectivity index (χ0) is 12.3. The summed E-state index contributed by atoms with van der Waals surface area (Å²) in [6, 6.07) is 5.32. The maximum atomic E-state index is 11.9. The van der Waals surface area contributed by atoms with Gasteiger partial charge in [0, 0.05) is 5.69 Å². The summed E-state index contributed by atoms with van der Waals surface area (Å²) in [6.07, 6.45) is 5.66. The van der Waals surface area contributed by atoms with E-state index in [0.717, 1.165) is 31.2 Å². The highest BCUT2D eigenvalue weighted by Crippen LogP contribution is 2.22. The zero-order valence-electron chi connectivity index (χ0n) is 10.2. The van der Waals surface area contributed by atoms with E-state index in [0.29, 0.717) is 11.3 Å². The minimum atomic E-state index is -0.247. The Balaban J connectivity index is 2.01. The van der Waals surface area contributed by atoms with Crippen LogP contribution in [0.1, 0.15) is 48.0 Å². The van der Waals surface area contributed by atoms with Gasteiger partial charge in [-0.15, -0.1) is 0 Å². The highest BCUT2D eigenvalue weighted by atomic mass is 16.5. The Hall–Kier alpha value is -1.51. The van der Waals surface area contributed by atoms with Gasteiger partial charge in [-0.1, -0.05) is 12.5 Å². The van der Waals surface area contributed by atoms with Gasteiger partial charge in [-0.3, -0.25) is 0 Å². The van der Waals surface area contributed by atoms with Crippen LogP contribution in [0.5, 0.6) is 0 Å². The van der Waals surface area contributed by atoms with Crippen molar-refractivity contribution in [2.24, 2.45) is 0 Å². The van der Waals surface area contributed by atoms with E-state index in [1.807, 2.05) is 13.0 Å². The molecule has 0 atom stereocenters. The van der Waals surface area contributed by atoms with Crippen LogP contribution in [0, 0.1) is 6.92 Å². The van der Waals surface area contributed by atoms with E-state index < -0.39 is 0 Å². The summed E-state index contributed by atoms with van der Waals surface area (Å²) in [5, 5.41) is 0. The lowest BCUT2D eigenvalue weighted by atomic mass is 9.98. The number of aryl methyl sites for hydroxylation is 1. The molecular weight excluding hydrogens is 214 g/mol. The van der Waals surface area contributed by atoms with Gasteiger partial charge in [-0.2, -0.15) is 0 Å². The molecule has 1 fully saturated rings. The van der Waals surface area contributed by atoms with E-state index in [1.165, 1.54) is 6.42 Å². The fourth-order valence-corrected chi connectivity index (χ4v) is 2.17. The first-order chi connectivity index (χ1) is 8.16. The van der Waals surface area contributed by atoms with Crippen molar-refractivity contribution in [2.75, 3.05) is 5.73 Å². The fourth-order valence-electron chi connectivity index (χ4n) is 2.17. The summed E-state index contributed by atoms with van der Waals surface area (Å²) >= 11 is 0. The number of ether oxygens (including phenoxy) is 1. The van der Waals surface area contributed by atoms with Crippen LogP contribution < -0.4 is 5.73 Å². The van der Waals surface area contributed by atoms with Crippen molar-refractivity contribution < 1.29 is 9.53 Å². The summed E-state index contributed by atoms with van der Waals surface area (Å²) < 4.78 is 5.48. The van der Waals surface area contributed by atoms with Crippen LogP contribution >= 0.6 is 0 Å². The normalized spacial score (nSPS) is 16.8. The van der Waals surface area contributed by atoms with E-state index in [9.17, 15) is 4.79 Å². The number of esters is 1. The highest BCUT2D eigenvalue weighted by Gasteiger charge is 2.18. The Morgan fingerprint density at radius 2 is 2.00 bits per heavy atom. The topological polar surface area (TPSA) is 52.3 Å². The summed E-state index contributed by atoms with van der Waals surface area (Å²) in [7, 11) is 0. The number of anilines is 1. The van der Waals surface area contributed by atoms with Crippen LogP contribution in [0.2, 0.25) is 0 Å². The number of carbonyl (C=O) groups excluding carboxylic acids is 1. The zero-order valence-corrected chi connectivity index (χ0v) is 10.2. The Morgan fingerprint density at radius 3 is 2.65 bits per heavy atom. The first-order valence-corrected chi connectivity index (χ1v) is 6.24. The minimum absolute atomic E-state index is 0.0961. The van der Waals surface area contributed by atoms with Crippen molar-refractivity contribution >= 4 is 11.7 Å². The molecule has 3 heteroatoms. The van der Waals surface area contributed by atoms with Crippen LogP contribution in [-0.4, -0.2) is 12.1 Å². The quantitative estimate of drug-likeness (QED) is 0.631. The Morgan fingerprint density at radius 1 is 1.29 bits per heavy atom. The van der Waals surface area contributed by atoms with Crippen LogP contribution in [0.4, 0.5) is 5.69 Å². The lowest BCUT2D eigenvalue weighted by molar-refractivity contribution is 0.0211. The van der Waals surface area contributed by atoms with Crippen LogP contribution in [0.3, 0.4) is 0 Å². The lowest BCUT2D eigenvalue weighted by Crippen LogP contribution is -2.21. The molecule has 0 unspecified atom stereocenters. The second-order valence-corrected chi connectivity index (χ2v) is 4.74. The number of nitrogens with two attached hydrogens (primary N) is 1. The molecule has 1 aromatic rings. The number of rotatable bonds is 2. The van der Waals surface area contributed by atoms with Crippen molar-refractivity contribution in [3.8, 4) is 0 Å². The third kappa shape index (κ3) is 2.99. The second-order valence-electron chi connectivity index (χ2n) is 4.74. The van der Waals surface area contributed by atoms with Crippen LogP contribution in [-0.2, 0) is 4.74 Å². The number of hydrogen-bond acceptors (Lipinski definition) is 3. The molecule has 3 nitrogen and oxygen atoms in total. The van der Waals surface area contributed by atoms with Gasteiger partial charge in [0.05, 0.1) is 5.56 Å². The smallest absolute Gasteiger partial charge is 0.338 e. The molecule has 0 amide bonds. The van der Waals surface area contributed by atoms with E-state index >= 15 is 0 Å². The lowest BCUT2D eigenvalue weighted by Gasteiger charge is -2.21. The van der Waals surface area contributed by atoms with Gasteiger partial charge in [0.2, 0.25) is 0 Å². The molecule has 92 valence electrons. The first-order valence-electron chi connectivity index (χ1n) is 6.24. The average Bonchev–Trinajstić information content (AvgIpc) is 2.34. The van der Waals surface area contributed by atoms with Crippen molar-refractivity contribution in [3.05, 3.63) is 29.3 Å². The van der Waals surface area contributed by atoms with Crippen molar-refractivity contribution in [1.29, 1.82) is 0 Å². The fraction of sp³-hybridized carbons (Fsp3) is 0.500. The molecule has 1 aliphatic carbocycles. The maximum Gasteiger partial charge on any atom is 0.338 e. The van der Waals surface area contributed by atoms with Gasteiger partial charge in [0.25, 0.3) is 0 Å². The van der Waals surface area contributed by atoms with Gasteiger partial charge in [-0.25, -0.2) is 4.79 Å². The summed E-state index contributed by atoms with van der Waals surface area (Å²) in [4.78, 5) is 11.9. The van der Waals surface area contributed by atoms with Gasteiger partial charge in [-0.05, 0) is 50.3 Å². The summed E-state index contributed by atoms with van der Waals surface area (Å²) in [5.74, 6) is -0.247. The van der Waals surface area contributed by atoms with E-state index in [2.05, 4.69) is 0 Å². The second kappa shape index (κ2) is 5.21. The van der Waals surface area contributed by atoms with E-state index in [-0.39, 0.29) is 12.1 Å². The molecule has 0 aliphatic heterocycles. The standard InChI is InChI=1S/C14H19NO2/c1-10-7-8-11(9-13(10)15)14(16)17-12-5-3-2-4-6-12/h7-9,12H,2-6,15H2,1H3. The Bertz CT molecular complexity index is 409. The largest absolute Gasteiger partial charge is 0.459 e. The molecule has 1 saturated carbocycles. The van der Waals surface area contributed by atoms with Crippen molar-refractivity contribution in [2.45, 2.75) is 45.1 Å². The molecular formula is C14H19NO2. The predicted molar refractivity (Wildman–Crippen MR) is 67.9 cm³/mol. The van der Waals surface area contributed by atoms with Crippen molar-refractivity contribution in [1.82, 2.24) is 0 Å². The highest BCUT2D eigenvalue weighted by molar-refractivity contribution is 5.90. The molecule has 0 heterocycles. The number of nitrogen functional groups attached to an aromatic ring is 1. The van der Waals surface area contributed by atoms with Crippen LogP contribution in [0.25, 0.3) is 0 Å². The molecule has 17 heavy (non-hydrogen) atoms. The van der Waals surface area contributed by atoms with E-state index in [1.54, 1.807) is 12.1 Å². The van der Waals surface area contributed by atoms with Gasteiger partial charge in [0.15, 0.2) is 0 Å². The molecule has 0 spiro atoms. The van der Waals surface area contributed by atoms with Crippen LogP contribution in [0.15, 0.2) is 18.2 Å². The Labute approximate surface area is 102 Å². The Kier molecular flexibility index (Phi) is 3.67. The summed E-state index contributed by atoms with van der Waals surface area (Å²) in [5.41, 5.74) is 7.97. The van der Waals surface area contributed by atoms with Gasteiger partial charge in [0.1, 0.15) is 6.10 Å². The minimum Gasteiger partial charge on any atom is -0.459 e. The molecule has 1 aromatic carbocycles. The van der Waals surface area contributed by atoms with Crippen molar-refractivity contribution in [3.63, 3.8) is 0 Å². The molecule has 0 aromatic heterocycles. The predicted octanol–water partition coefficient (Wildman–Crippen LogP) is 3.07. The number of hydrogen-bond donors (Lipinski definition) is 1. The molecule has 0 bridgehead atoms. The average molecular weight is 233 g/mol. The molecule has 0 saturated heterocycles. The molecule has 0 radical (unpaired) electrons. The number of carbonyl (C=O) groups is 1. The van der Waals surface area contributed by atoms with E-state index in [4.69, 9.17) is 10.5 Å². The molecule has 2 rings (SSSR count). The monoisotopic (exact) mass is 233 g/mol. The first kappa shape index (κ1) is 12.0. The number of benzene rings is 1. The third-order valence-electron chi connectivity index (χ3n) is 3.34. The molecule has 1 aliphatic rings. The maximum absolute atomic E-state index is 11.9. The third-order valence-corrected chi connectivity index (χ3v) is 3.34. The van der Waals surface area contributed by atoms with Gasteiger partial charge >= 0.3 is 5.97 Å². The molecule has 2 N–H and O–H groups in total. The summed E-state index contributed by atoms with van der Waals surface area (Å²) in [6.45, 7) is 1.92. The SMILES string of the molecule is Cc1ccc(C(=O)OC2CCCCC2)cc1N. The van der Waals surface area contributed by atoms with Gasteiger partial charge < -0.3 is 10.5 Å².